The summed E-state index contributed by atoms with van der Waals surface area (Å²) in [4.78, 5) is 0. The van der Waals surface area contributed by atoms with Gasteiger partial charge in [0.15, 0.2) is 0 Å². The lowest BCUT2D eigenvalue weighted by Crippen LogP contribution is -2.05. The van der Waals surface area contributed by atoms with E-state index in [-0.39, 0.29) is 16.9 Å². The van der Waals surface area contributed by atoms with E-state index in [9.17, 15) is 5.11 Å². The molecule has 0 saturated heterocycles. The fourth-order valence-electron chi connectivity index (χ4n) is 3.23. The maximum atomic E-state index is 10.6. The van der Waals surface area contributed by atoms with Gasteiger partial charge in [0.25, 0.3) is 0 Å². The Morgan fingerprint density at radius 2 is 1.76 bits per heavy atom. The highest BCUT2D eigenvalue weighted by Gasteiger charge is 2.67. The predicted molar refractivity (Wildman–Crippen MR) is 71.8 cm³/mol. The van der Waals surface area contributed by atoms with E-state index in [1.807, 2.05) is 6.07 Å². The Labute approximate surface area is 105 Å². The minimum absolute atomic E-state index is 0.231. The maximum Gasteiger partial charge on any atom is 0.0828 e. The van der Waals surface area contributed by atoms with Gasteiger partial charge >= 0.3 is 0 Å². The zero-order chi connectivity index (χ0) is 12.8. The molecule has 17 heavy (non-hydrogen) atoms. The van der Waals surface area contributed by atoms with Crippen LogP contribution in [0.5, 0.6) is 0 Å². The lowest BCUT2D eigenvalue weighted by atomic mass is 9.97. The average molecular weight is 232 g/mol. The van der Waals surface area contributed by atoms with Crippen LogP contribution in [0, 0.1) is 16.7 Å². The van der Waals surface area contributed by atoms with E-state index < -0.39 is 0 Å². The predicted octanol–water partition coefficient (Wildman–Crippen LogP) is 3.96. The van der Waals surface area contributed by atoms with E-state index in [0.29, 0.717) is 5.92 Å². The largest absolute Gasteiger partial charge is 0.388 e. The molecule has 1 N–H and O–H groups in total. The molecule has 1 atom stereocenters. The van der Waals surface area contributed by atoms with Crippen molar-refractivity contribution in [3.05, 3.63) is 35.4 Å². The molecule has 2 rings (SSSR count). The van der Waals surface area contributed by atoms with E-state index in [1.54, 1.807) is 0 Å². The van der Waals surface area contributed by atoms with Gasteiger partial charge in [-0.25, -0.2) is 0 Å². The summed E-state index contributed by atoms with van der Waals surface area (Å²) in [5, 5.41) is 10.6. The van der Waals surface area contributed by atoms with E-state index in [4.69, 9.17) is 0 Å². The third-order valence-corrected chi connectivity index (χ3v) is 5.15. The third kappa shape index (κ3) is 1.81. The quantitative estimate of drug-likeness (QED) is 0.836. The Bertz CT molecular complexity index is 403. The monoisotopic (exact) mass is 232 g/mol. The van der Waals surface area contributed by atoms with Gasteiger partial charge in [-0.1, -0.05) is 58.9 Å². The van der Waals surface area contributed by atoms with Crippen LogP contribution >= 0.6 is 0 Å². The highest BCUT2D eigenvalue weighted by atomic mass is 16.3. The maximum absolute atomic E-state index is 10.6. The molecule has 1 heteroatoms. The summed E-state index contributed by atoms with van der Waals surface area (Å²) < 4.78 is 0. The number of rotatable bonds is 3. The van der Waals surface area contributed by atoms with E-state index in [2.05, 4.69) is 52.8 Å². The molecule has 1 fully saturated rings. The lowest BCUT2D eigenvalue weighted by molar-refractivity contribution is 0.130. The summed E-state index contributed by atoms with van der Waals surface area (Å²) in [5.74, 6) is 0.363. The van der Waals surface area contributed by atoms with Crippen molar-refractivity contribution in [2.75, 3.05) is 0 Å². The van der Waals surface area contributed by atoms with Gasteiger partial charge < -0.3 is 5.11 Å². The second-order valence-corrected chi connectivity index (χ2v) is 6.46. The minimum Gasteiger partial charge on any atom is -0.388 e. The second kappa shape index (κ2) is 3.84. The Kier molecular flexibility index (Phi) is 2.86. The van der Waals surface area contributed by atoms with Gasteiger partial charge in [0.1, 0.15) is 0 Å². The first-order chi connectivity index (χ1) is 7.82. The van der Waals surface area contributed by atoms with Crippen LogP contribution in [0.2, 0.25) is 0 Å². The molecule has 0 heterocycles. The fraction of sp³-hybridized carbons (Fsp3) is 0.625. The summed E-state index contributed by atoms with van der Waals surface area (Å²) in [6, 6.07) is 8.38. The molecule has 1 aliphatic rings. The molecule has 0 aliphatic heterocycles. The van der Waals surface area contributed by atoms with E-state index >= 15 is 0 Å². The molecule has 1 aromatic carbocycles. The molecular weight excluding hydrogens is 208 g/mol. The molecule has 0 spiro atoms. The number of hydrogen-bond acceptors (Lipinski definition) is 1. The minimum atomic E-state index is -0.327. The number of aliphatic hydroxyl groups excluding tert-OH is 1. The Morgan fingerprint density at radius 3 is 2.24 bits per heavy atom. The average Bonchev–Trinajstić information content (AvgIpc) is 2.69. The van der Waals surface area contributed by atoms with E-state index in [1.165, 1.54) is 5.56 Å². The molecule has 0 radical (unpaired) electrons. The number of hydrogen-bond donors (Lipinski definition) is 1. The molecule has 0 amide bonds. The molecule has 1 saturated carbocycles. The van der Waals surface area contributed by atoms with Crippen molar-refractivity contribution in [3.63, 3.8) is 0 Å². The molecule has 1 aliphatic carbocycles. The summed E-state index contributed by atoms with van der Waals surface area (Å²) in [7, 11) is 0. The number of aliphatic hydroxyl groups is 1. The van der Waals surface area contributed by atoms with Crippen molar-refractivity contribution < 1.29 is 5.11 Å². The first kappa shape index (κ1) is 12.6. The molecular formula is C16H24O. The van der Waals surface area contributed by atoms with Gasteiger partial charge in [0.05, 0.1) is 6.10 Å². The molecule has 1 nitrogen and oxygen atoms in total. The van der Waals surface area contributed by atoms with Crippen LogP contribution in [0.15, 0.2) is 24.3 Å². The van der Waals surface area contributed by atoms with Gasteiger partial charge in [-0.3, -0.25) is 0 Å². The van der Waals surface area contributed by atoms with Crippen LogP contribution in [0.4, 0.5) is 0 Å². The van der Waals surface area contributed by atoms with Crippen LogP contribution in [0.3, 0.4) is 0 Å². The van der Waals surface area contributed by atoms with Gasteiger partial charge in [-0.2, -0.15) is 0 Å². The first-order valence-corrected chi connectivity index (χ1v) is 6.59. The zero-order valence-corrected chi connectivity index (χ0v) is 11.6. The fourth-order valence-corrected chi connectivity index (χ4v) is 3.23. The van der Waals surface area contributed by atoms with Crippen molar-refractivity contribution in [2.24, 2.45) is 16.7 Å². The van der Waals surface area contributed by atoms with Gasteiger partial charge in [-0.05, 0) is 28.4 Å². The van der Waals surface area contributed by atoms with Crippen molar-refractivity contribution >= 4 is 0 Å². The molecule has 1 aromatic rings. The number of benzene rings is 1. The van der Waals surface area contributed by atoms with Gasteiger partial charge in [-0.15, -0.1) is 0 Å². The van der Waals surface area contributed by atoms with Crippen LogP contribution in [0.1, 0.15) is 51.8 Å². The van der Waals surface area contributed by atoms with Crippen molar-refractivity contribution in [1.29, 1.82) is 0 Å². The van der Waals surface area contributed by atoms with Crippen molar-refractivity contribution in [1.82, 2.24) is 0 Å². The van der Waals surface area contributed by atoms with Crippen LogP contribution in [-0.4, -0.2) is 5.11 Å². The SMILES string of the molecule is CCc1cccc(C(O)C2C(C)(C)C2(C)C)c1. The zero-order valence-electron chi connectivity index (χ0n) is 11.6. The molecule has 0 bridgehead atoms. The van der Waals surface area contributed by atoms with Crippen molar-refractivity contribution in [2.45, 2.75) is 47.1 Å². The second-order valence-electron chi connectivity index (χ2n) is 6.46. The van der Waals surface area contributed by atoms with Crippen LogP contribution in [0.25, 0.3) is 0 Å². The molecule has 94 valence electrons. The summed E-state index contributed by atoms with van der Waals surface area (Å²) in [5.41, 5.74) is 2.84. The highest BCUT2D eigenvalue weighted by molar-refractivity contribution is 5.29. The van der Waals surface area contributed by atoms with Gasteiger partial charge in [0, 0.05) is 5.92 Å². The normalized spacial score (nSPS) is 23.4. The third-order valence-electron chi connectivity index (χ3n) is 5.15. The lowest BCUT2D eigenvalue weighted by Gasteiger charge is -2.14. The highest BCUT2D eigenvalue weighted by Crippen LogP contribution is 2.72. The summed E-state index contributed by atoms with van der Waals surface area (Å²) in [6.45, 7) is 11.2. The Balaban J connectivity index is 2.24. The van der Waals surface area contributed by atoms with Crippen LogP contribution in [-0.2, 0) is 6.42 Å². The van der Waals surface area contributed by atoms with E-state index in [0.717, 1.165) is 12.0 Å². The van der Waals surface area contributed by atoms with Crippen molar-refractivity contribution in [3.8, 4) is 0 Å². The standard InChI is InChI=1S/C16H24O/c1-6-11-8-7-9-12(10-11)13(17)14-15(2,3)16(14,4)5/h7-10,13-14,17H,6H2,1-5H3. The Hall–Kier alpha value is -0.820. The molecule has 0 aromatic heterocycles. The topological polar surface area (TPSA) is 20.2 Å². The summed E-state index contributed by atoms with van der Waals surface area (Å²) >= 11 is 0. The summed E-state index contributed by atoms with van der Waals surface area (Å²) in [6.07, 6.45) is 0.698. The first-order valence-electron chi connectivity index (χ1n) is 6.59. The van der Waals surface area contributed by atoms with Crippen LogP contribution < -0.4 is 0 Å². The number of aryl methyl sites for hydroxylation is 1. The molecule has 1 unspecified atom stereocenters. The smallest absolute Gasteiger partial charge is 0.0828 e. The Morgan fingerprint density at radius 1 is 1.18 bits per heavy atom. The van der Waals surface area contributed by atoms with Gasteiger partial charge in [0.2, 0.25) is 0 Å².